The zero-order chi connectivity index (χ0) is 10.3. The fourth-order valence-corrected chi connectivity index (χ4v) is 3.02. The molecule has 77 valence electrons. The maximum absolute atomic E-state index is 10.5. The van der Waals surface area contributed by atoms with Crippen molar-refractivity contribution in [3.63, 3.8) is 0 Å². The lowest BCUT2D eigenvalue weighted by atomic mass is 9.99. The van der Waals surface area contributed by atoms with Gasteiger partial charge in [0.2, 0.25) is 0 Å². The standard InChI is InChI=1S/C13H14NO/c15-8-14-13-11-5-1-3-9(11)7-10-4-2-6-12(10)13/h7H,1-6H2,(H,14,15). The molecule has 2 heteroatoms. The van der Waals surface area contributed by atoms with Crippen molar-refractivity contribution in [2.75, 3.05) is 5.32 Å². The van der Waals surface area contributed by atoms with Crippen LogP contribution in [0.4, 0.5) is 5.69 Å². The summed E-state index contributed by atoms with van der Waals surface area (Å²) in [6, 6.07) is 2.36. The molecule has 0 saturated carbocycles. The van der Waals surface area contributed by atoms with Crippen molar-refractivity contribution >= 4 is 12.1 Å². The zero-order valence-electron chi connectivity index (χ0n) is 8.73. The van der Waals surface area contributed by atoms with Crippen molar-refractivity contribution in [1.29, 1.82) is 0 Å². The van der Waals surface area contributed by atoms with Crippen molar-refractivity contribution in [1.82, 2.24) is 0 Å². The van der Waals surface area contributed by atoms with Gasteiger partial charge in [-0.05, 0) is 60.8 Å². The van der Waals surface area contributed by atoms with Crippen molar-refractivity contribution in [2.24, 2.45) is 0 Å². The number of rotatable bonds is 2. The summed E-state index contributed by atoms with van der Waals surface area (Å²) >= 11 is 0. The summed E-state index contributed by atoms with van der Waals surface area (Å²) in [5.41, 5.74) is 6.74. The van der Waals surface area contributed by atoms with Crippen LogP contribution in [0.2, 0.25) is 0 Å². The van der Waals surface area contributed by atoms with Gasteiger partial charge in [0.05, 0.1) is 0 Å². The molecule has 0 fully saturated rings. The predicted molar refractivity (Wildman–Crippen MR) is 59.8 cm³/mol. The molecule has 1 N–H and O–H groups in total. The number of amides is 1. The van der Waals surface area contributed by atoms with Crippen LogP contribution >= 0.6 is 0 Å². The Hall–Kier alpha value is -1.31. The van der Waals surface area contributed by atoms with Crippen molar-refractivity contribution in [3.8, 4) is 0 Å². The zero-order valence-corrected chi connectivity index (χ0v) is 8.73. The van der Waals surface area contributed by atoms with E-state index in [9.17, 15) is 4.79 Å². The van der Waals surface area contributed by atoms with E-state index >= 15 is 0 Å². The van der Waals surface area contributed by atoms with E-state index in [1.54, 1.807) is 0 Å². The number of hydrogen-bond donors (Lipinski definition) is 1. The average molecular weight is 200 g/mol. The van der Waals surface area contributed by atoms with Crippen LogP contribution in [0, 0.1) is 0 Å². The van der Waals surface area contributed by atoms with Gasteiger partial charge in [0.25, 0.3) is 0 Å². The average Bonchev–Trinajstić information content (AvgIpc) is 2.84. The summed E-state index contributed by atoms with van der Waals surface area (Å²) in [4.78, 5) is 10.5. The summed E-state index contributed by atoms with van der Waals surface area (Å²) in [5, 5.41) is 2.80. The molecule has 1 amide bonds. The van der Waals surface area contributed by atoms with Crippen LogP contribution in [0.25, 0.3) is 0 Å². The lowest BCUT2D eigenvalue weighted by Gasteiger charge is -2.12. The van der Waals surface area contributed by atoms with E-state index in [1.807, 2.05) is 6.41 Å². The number of aryl methyl sites for hydroxylation is 2. The molecular weight excluding hydrogens is 186 g/mol. The molecule has 1 aromatic carbocycles. The Kier molecular flexibility index (Phi) is 2.01. The van der Waals surface area contributed by atoms with Gasteiger partial charge >= 0.3 is 6.41 Å². The van der Waals surface area contributed by atoms with Gasteiger partial charge in [0, 0.05) is 5.69 Å². The maximum Gasteiger partial charge on any atom is 0.314 e. The molecule has 2 nitrogen and oxygen atoms in total. The van der Waals surface area contributed by atoms with E-state index in [4.69, 9.17) is 0 Å². The Bertz CT molecular complexity index is 391. The topological polar surface area (TPSA) is 29.1 Å². The van der Waals surface area contributed by atoms with Gasteiger partial charge < -0.3 is 5.32 Å². The molecule has 0 aliphatic heterocycles. The lowest BCUT2D eigenvalue weighted by molar-refractivity contribution is 0.561. The number of anilines is 1. The second kappa shape index (κ2) is 3.37. The Morgan fingerprint density at radius 1 is 1.00 bits per heavy atom. The fraction of sp³-hybridized carbons (Fsp3) is 0.462. The third-order valence-electron chi connectivity index (χ3n) is 3.65. The molecule has 15 heavy (non-hydrogen) atoms. The summed E-state index contributed by atoms with van der Waals surface area (Å²) in [6.45, 7) is 0. The van der Waals surface area contributed by atoms with Crippen LogP contribution in [-0.4, -0.2) is 6.41 Å². The number of carbonyl (C=O) groups excluding carboxylic acids is 1. The van der Waals surface area contributed by atoms with Gasteiger partial charge in [-0.2, -0.15) is 0 Å². The minimum atomic E-state index is 1.09. The molecule has 3 rings (SSSR count). The monoisotopic (exact) mass is 200 g/mol. The van der Waals surface area contributed by atoms with E-state index in [2.05, 4.69) is 11.4 Å². The number of hydrogen-bond acceptors (Lipinski definition) is 1. The molecule has 0 heterocycles. The first kappa shape index (κ1) is 8.96. The predicted octanol–water partition coefficient (Wildman–Crippen LogP) is 2.14. The van der Waals surface area contributed by atoms with Gasteiger partial charge in [0.15, 0.2) is 0 Å². The van der Waals surface area contributed by atoms with Crippen molar-refractivity contribution in [3.05, 3.63) is 28.3 Å². The quantitative estimate of drug-likeness (QED) is 0.728. The largest absolute Gasteiger partial charge is 0.317 e. The summed E-state index contributed by atoms with van der Waals surface area (Å²) < 4.78 is 0. The SMILES string of the molecule is O=[C]Nc1c2c(cc3c1CCC3)CCC2. The number of fused-ring (bicyclic) bond motifs is 2. The van der Waals surface area contributed by atoms with Crippen LogP contribution in [0.1, 0.15) is 35.1 Å². The molecule has 1 aromatic rings. The first-order valence-electron chi connectivity index (χ1n) is 5.70. The first-order chi connectivity index (χ1) is 7.40. The Morgan fingerprint density at radius 2 is 1.60 bits per heavy atom. The van der Waals surface area contributed by atoms with Crippen LogP contribution in [-0.2, 0) is 30.5 Å². The van der Waals surface area contributed by atoms with E-state index in [1.165, 1.54) is 47.9 Å². The number of benzene rings is 1. The van der Waals surface area contributed by atoms with E-state index in [0.717, 1.165) is 18.5 Å². The van der Waals surface area contributed by atoms with Crippen molar-refractivity contribution < 1.29 is 4.79 Å². The normalized spacial score (nSPS) is 17.3. The molecular formula is C13H14NO. The molecule has 0 bridgehead atoms. The van der Waals surface area contributed by atoms with E-state index in [-0.39, 0.29) is 0 Å². The van der Waals surface area contributed by atoms with Gasteiger partial charge in [-0.1, -0.05) is 6.07 Å². The first-order valence-corrected chi connectivity index (χ1v) is 5.70. The van der Waals surface area contributed by atoms with Crippen LogP contribution < -0.4 is 5.32 Å². The maximum atomic E-state index is 10.5. The molecule has 0 atom stereocenters. The highest BCUT2D eigenvalue weighted by Gasteiger charge is 2.23. The van der Waals surface area contributed by atoms with Crippen LogP contribution in [0.3, 0.4) is 0 Å². The third kappa shape index (κ3) is 1.28. The van der Waals surface area contributed by atoms with E-state index in [0.29, 0.717) is 0 Å². The second-order valence-corrected chi connectivity index (χ2v) is 4.46. The Balaban J connectivity index is 2.19. The fourth-order valence-electron chi connectivity index (χ4n) is 3.02. The molecule has 2 aliphatic carbocycles. The van der Waals surface area contributed by atoms with Gasteiger partial charge in [-0.3, -0.25) is 4.79 Å². The Labute approximate surface area is 89.7 Å². The smallest absolute Gasteiger partial charge is 0.314 e. The molecule has 0 aromatic heterocycles. The van der Waals surface area contributed by atoms with Gasteiger partial charge in [0.1, 0.15) is 0 Å². The van der Waals surface area contributed by atoms with Crippen LogP contribution in [0.5, 0.6) is 0 Å². The van der Waals surface area contributed by atoms with Gasteiger partial charge in [-0.15, -0.1) is 0 Å². The summed E-state index contributed by atoms with van der Waals surface area (Å²) in [7, 11) is 0. The molecule has 1 radical (unpaired) electrons. The summed E-state index contributed by atoms with van der Waals surface area (Å²) in [5.74, 6) is 0. The van der Waals surface area contributed by atoms with Crippen molar-refractivity contribution in [2.45, 2.75) is 38.5 Å². The highest BCUT2D eigenvalue weighted by Crippen LogP contribution is 2.38. The number of nitrogens with one attached hydrogen (secondary N) is 1. The summed E-state index contributed by atoms with van der Waals surface area (Å²) in [6.07, 6.45) is 8.89. The molecule has 2 aliphatic rings. The highest BCUT2D eigenvalue weighted by molar-refractivity contribution is 5.79. The molecule has 0 unspecified atom stereocenters. The van der Waals surface area contributed by atoms with Gasteiger partial charge in [-0.25, -0.2) is 0 Å². The minimum Gasteiger partial charge on any atom is -0.317 e. The Morgan fingerprint density at radius 3 is 2.13 bits per heavy atom. The molecule has 0 spiro atoms. The third-order valence-corrected chi connectivity index (χ3v) is 3.65. The highest BCUT2D eigenvalue weighted by atomic mass is 16.1. The second-order valence-electron chi connectivity index (χ2n) is 4.46. The lowest BCUT2D eigenvalue weighted by Crippen LogP contribution is -2.03. The van der Waals surface area contributed by atoms with Crippen LogP contribution in [0.15, 0.2) is 6.07 Å². The molecule has 0 saturated heterocycles. The van der Waals surface area contributed by atoms with E-state index < -0.39 is 0 Å². The minimum absolute atomic E-state index is 1.09.